The Labute approximate surface area is 112 Å². The summed E-state index contributed by atoms with van der Waals surface area (Å²) in [6, 6.07) is 7.85. The molecular formula is C13H19NO3S. The van der Waals surface area contributed by atoms with Crippen molar-refractivity contribution >= 4 is 23.4 Å². The van der Waals surface area contributed by atoms with E-state index in [-0.39, 0.29) is 17.8 Å². The van der Waals surface area contributed by atoms with Crippen molar-refractivity contribution in [2.75, 3.05) is 25.6 Å². The van der Waals surface area contributed by atoms with E-state index in [0.29, 0.717) is 6.42 Å². The van der Waals surface area contributed by atoms with Crippen LogP contribution in [0, 0.1) is 0 Å². The summed E-state index contributed by atoms with van der Waals surface area (Å²) in [5.74, 6) is -0.301. The molecule has 0 radical (unpaired) electrons. The SMILES string of the molecule is CCNc1ccc(SC(CCO)C(=O)OC)cc1. The van der Waals surface area contributed by atoms with Crippen LogP contribution in [0.25, 0.3) is 0 Å². The molecule has 5 heteroatoms. The summed E-state index contributed by atoms with van der Waals surface area (Å²) in [4.78, 5) is 12.5. The third-order valence-corrected chi connectivity index (χ3v) is 3.63. The maximum absolute atomic E-state index is 11.5. The number of nitrogens with one attached hydrogen (secondary N) is 1. The van der Waals surface area contributed by atoms with Gasteiger partial charge in [0.15, 0.2) is 0 Å². The minimum Gasteiger partial charge on any atom is -0.468 e. The predicted molar refractivity (Wildman–Crippen MR) is 74.0 cm³/mol. The van der Waals surface area contributed by atoms with Crippen molar-refractivity contribution in [1.29, 1.82) is 0 Å². The molecule has 1 rings (SSSR count). The number of carbonyl (C=O) groups is 1. The van der Waals surface area contributed by atoms with Gasteiger partial charge in [-0.3, -0.25) is 4.79 Å². The molecule has 1 atom stereocenters. The number of rotatable bonds is 7. The summed E-state index contributed by atoms with van der Waals surface area (Å²) in [7, 11) is 1.36. The predicted octanol–water partition coefficient (Wildman–Crippen LogP) is 2.13. The number of esters is 1. The minimum absolute atomic E-state index is 0.0256. The lowest BCUT2D eigenvalue weighted by atomic mass is 10.3. The van der Waals surface area contributed by atoms with Crippen molar-refractivity contribution in [3.63, 3.8) is 0 Å². The van der Waals surface area contributed by atoms with E-state index >= 15 is 0 Å². The van der Waals surface area contributed by atoms with E-state index in [9.17, 15) is 4.79 Å². The Kier molecular flexibility index (Phi) is 6.60. The molecule has 0 aromatic heterocycles. The molecule has 0 saturated heterocycles. The third-order valence-electron chi connectivity index (χ3n) is 2.37. The number of anilines is 1. The highest BCUT2D eigenvalue weighted by Gasteiger charge is 2.19. The van der Waals surface area contributed by atoms with Crippen LogP contribution in [0.5, 0.6) is 0 Å². The molecule has 1 aromatic carbocycles. The van der Waals surface area contributed by atoms with Crippen molar-refractivity contribution in [3.8, 4) is 0 Å². The smallest absolute Gasteiger partial charge is 0.319 e. The van der Waals surface area contributed by atoms with Gasteiger partial charge in [0.1, 0.15) is 5.25 Å². The second-order valence-electron chi connectivity index (χ2n) is 3.70. The lowest BCUT2D eigenvalue weighted by molar-refractivity contribution is -0.140. The van der Waals surface area contributed by atoms with Crippen LogP contribution in [-0.4, -0.2) is 36.6 Å². The van der Waals surface area contributed by atoms with Crippen LogP contribution in [0.2, 0.25) is 0 Å². The molecule has 18 heavy (non-hydrogen) atoms. The van der Waals surface area contributed by atoms with Crippen molar-refractivity contribution in [1.82, 2.24) is 0 Å². The van der Waals surface area contributed by atoms with Gasteiger partial charge in [0.25, 0.3) is 0 Å². The van der Waals surface area contributed by atoms with Crippen molar-refractivity contribution in [3.05, 3.63) is 24.3 Å². The van der Waals surface area contributed by atoms with Gasteiger partial charge >= 0.3 is 5.97 Å². The molecule has 100 valence electrons. The van der Waals surface area contributed by atoms with Gasteiger partial charge in [-0.25, -0.2) is 0 Å². The molecule has 1 aromatic rings. The summed E-state index contributed by atoms with van der Waals surface area (Å²) in [6.45, 7) is 2.89. The summed E-state index contributed by atoms with van der Waals surface area (Å²) in [5.41, 5.74) is 1.05. The van der Waals surface area contributed by atoms with E-state index in [1.165, 1.54) is 18.9 Å². The highest BCUT2D eigenvalue weighted by molar-refractivity contribution is 8.00. The summed E-state index contributed by atoms with van der Waals surface area (Å²) >= 11 is 1.41. The molecule has 0 aliphatic rings. The van der Waals surface area contributed by atoms with Gasteiger partial charge in [0, 0.05) is 23.7 Å². The Bertz CT molecular complexity index is 367. The van der Waals surface area contributed by atoms with E-state index in [1.54, 1.807) is 0 Å². The first-order chi connectivity index (χ1) is 8.71. The van der Waals surface area contributed by atoms with E-state index in [4.69, 9.17) is 9.84 Å². The number of hydrogen-bond donors (Lipinski definition) is 2. The Morgan fingerprint density at radius 3 is 2.61 bits per heavy atom. The second kappa shape index (κ2) is 8.00. The number of methoxy groups -OCH3 is 1. The summed E-state index contributed by atoms with van der Waals surface area (Å²) in [6.07, 6.45) is 0.395. The fourth-order valence-electron chi connectivity index (χ4n) is 1.49. The zero-order valence-electron chi connectivity index (χ0n) is 10.7. The molecule has 0 heterocycles. The lowest BCUT2D eigenvalue weighted by Gasteiger charge is -2.13. The number of ether oxygens (including phenoxy) is 1. The third kappa shape index (κ3) is 4.58. The molecule has 0 aliphatic heterocycles. The normalized spacial score (nSPS) is 11.9. The fraction of sp³-hybridized carbons (Fsp3) is 0.462. The Morgan fingerprint density at radius 2 is 2.11 bits per heavy atom. The molecule has 4 nitrogen and oxygen atoms in total. The molecule has 0 saturated carbocycles. The fourth-order valence-corrected chi connectivity index (χ4v) is 2.53. The number of aliphatic hydroxyl groups excluding tert-OH is 1. The van der Waals surface area contributed by atoms with Crippen LogP contribution in [0.1, 0.15) is 13.3 Å². The lowest BCUT2D eigenvalue weighted by Crippen LogP contribution is -2.20. The van der Waals surface area contributed by atoms with Crippen molar-refractivity contribution in [2.24, 2.45) is 0 Å². The van der Waals surface area contributed by atoms with Crippen LogP contribution in [0.3, 0.4) is 0 Å². The number of aliphatic hydroxyl groups is 1. The van der Waals surface area contributed by atoms with Gasteiger partial charge in [-0.05, 0) is 37.6 Å². The zero-order valence-corrected chi connectivity index (χ0v) is 11.5. The Morgan fingerprint density at radius 1 is 1.44 bits per heavy atom. The minimum atomic E-state index is -0.356. The number of hydrogen-bond acceptors (Lipinski definition) is 5. The van der Waals surface area contributed by atoms with E-state index in [1.807, 2.05) is 31.2 Å². The van der Waals surface area contributed by atoms with Gasteiger partial charge in [0.05, 0.1) is 7.11 Å². The standard InChI is InChI=1S/C13H19NO3S/c1-3-14-10-4-6-11(7-5-10)18-12(8-9-15)13(16)17-2/h4-7,12,14-15H,3,8-9H2,1-2H3. The Hall–Kier alpha value is -1.20. The maximum Gasteiger partial charge on any atom is 0.319 e. The second-order valence-corrected chi connectivity index (χ2v) is 4.97. The number of carbonyl (C=O) groups excluding carboxylic acids is 1. The van der Waals surface area contributed by atoms with Crippen LogP contribution >= 0.6 is 11.8 Å². The topological polar surface area (TPSA) is 58.6 Å². The molecule has 0 aliphatic carbocycles. The largest absolute Gasteiger partial charge is 0.468 e. The first-order valence-electron chi connectivity index (χ1n) is 5.90. The van der Waals surface area contributed by atoms with Crippen LogP contribution < -0.4 is 5.32 Å². The van der Waals surface area contributed by atoms with Gasteiger partial charge < -0.3 is 15.2 Å². The molecule has 0 fully saturated rings. The number of benzene rings is 1. The average Bonchev–Trinajstić information content (AvgIpc) is 2.40. The van der Waals surface area contributed by atoms with Crippen LogP contribution in [0.15, 0.2) is 29.2 Å². The van der Waals surface area contributed by atoms with E-state index in [2.05, 4.69) is 5.32 Å². The molecular weight excluding hydrogens is 250 g/mol. The van der Waals surface area contributed by atoms with Crippen molar-refractivity contribution < 1.29 is 14.6 Å². The summed E-state index contributed by atoms with van der Waals surface area (Å²) < 4.78 is 4.72. The van der Waals surface area contributed by atoms with Crippen LogP contribution in [0.4, 0.5) is 5.69 Å². The molecule has 0 amide bonds. The molecule has 0 spiro atoms. The maximum atomic E-state index is 11.5. The number of thioether (sulfide) groups is 1. The van der Waals surface area contributed by atoms with Gasteiger partial charge in [-0.15, -0.1) is 11.8 Å². The van der Waals surface area contributed by atoms with Crippen molar-refractivity contribution in [2.45, 2.75) is 23.5 Å². The van der Waals surface area contributed by atoms with Gasteiger partial charge in [-0.1, -0.05) is 0 Å². The molecule has 1 unspecified atom stereocenters. The van der Waals surface area contributed by atoms with Gasteiger partial charge in [0.2, 0.25) is 0 Å². The first kappa shape index (κ1) is 14.9. The quantitative estimate of drug-likeness (QED) is 0.586. The van der Waals surface area contributed by atoms with E-state index < -0.39 is 0 Å². The monoisotopic (exact) mass is 269 g/mol. The highest BCUT2D eigenvalue weighted by Crippen LogP contribution is 2.27. The van der Waals surface area contributed by atoms with Gasteiger partial charge in [-0.2, -0.15) is 0 Å². The first-order valence-corrected chi connectivity index (χ1v) is 6.78. The zero-order chi connectivity index (χ0) is 13.4. The molecule has 2 N–H and O–H groups in total. The Balaban J connectivity index is 2.65. The average molecular weight is 269 g/mol. The summed E-state index contributed by atoms with van der Waals surface area (Å²) in [5, 5.41) is 11.8. The van der Waals surface area contributed by atoms with E-state index in [0.717, 1.165) is 17.1 Å². The van der Waals surface area contributed by atoms with Crippen LogP contribution in [-0.2, 0) is 9.53 Å². The molecule has 0 bridgehead atoms. The highest BCUT2D eigenvalue weighted by atomic mass is 32.2.